The smallest absolute Gasteiger partial charge is 0.407 e. The van der Waals surface area contributed by atoms with Crippen LogP contribution in [0.2, 0.25) is 0 Å². The van der Waals surface area contributed by atoms with E-state index >= 15 is 0 Å². The quantitative estimate of drug-likeness (QED) is 0.843. The van der Waals surface area contributed by atoms with Gasteiger partial charge < -0.3 is 14.8 Å². The van der Waals surface area contributed by atoms with Crippen molar-refractivity contribution in [3.8, 4) is 5.75 Å². The van der Waals surface area contributed by atoms with Crippen molar-refractivity contribution >= 4 is 21.8 Å². The van der Waals surface area contributed by atoms with E-state index in [1.54, 1.807) is 32.9 Å². The standard InChI is InChI=1S/C16H26N2O5S/c1-12-7-8-14(22-5)13(11-12)18(24(6,20)21)10-9-17-15(19)23-16(2,3)4/h7-8,11H,9-10H2,1-6H3,(H,17,19). The molecule has 1 rings (SSSR count). The van der Waals surface area contributed by atoms with Crippen LogP contribution in [0, 0.1) is 6.92 Å². The lowest BCUT2D eigenvalue weighted by Gasteiger charge is -2.25. The third-order valence-electron chi connectivity index (χ3n) is 2.99. The normalized spacial score (nSPS) is 11.8. The van der Waals surface area contributed by atoms with E-state index < -0.39 is 21.7 Å². The lowest BCUT2D eigenvalue weighted by atomic mass is 10.2. The molecular weight excluding hydrogens is 332 g/mol. The van der Waals surface area contributed by atoms with Crippen molar-refractivity contribution in [1.82, 2.24) is 5.32 Å². The van der Waals surface area contributed by atoms with E-state index in [0.29, 0.717) is 11.4 Å². The van der Waals surface area contributed by atoms with Gasteiger partial charge in [0, 0.05) is 6.54 Å². The van der Waals surface area contributed by atoms with Gasteiger partial charge in [-0.05, 0) is 45.4 Å². The molecule has 1 N–H and O–H groups in total. The first-order valence-corrected chi connectivity index (χ1v) is 9.38. The van der Waals surface area contributed by atoms with Gasteiger partial charge in [-0.2, -0.15) is 0 Å². The minimum atomic E-state index is -3.54. The largest absolute Gasteiger partial charge is 0.495 e. The van der Waals surface area contributed by atoms with E-state index in [1.165, 1.54) is 11.4 Å². The first-order valence-electron chi connectivity index (χ1n) is 7.53. The lowest BCUT2D eigenvalue weighted by Crippen LogP contribution is -2.40. The molecule has 0 aliphatic carbocycles. The maximum Gasteiger partial charge on any atom is 0.407 e. The molecule has 0 radical (unpaired) electrons. The summed E-state index contributed by atoms with van der Waals surface area (Å²) in [6, 6.07) is 5.28. The Hall–Kier alpha value is -1.96. The van der Waals surface area contributed by atoms with Crippen LogP contribution in [0.5, 0.6) is 5.75 Å². The number of alkyl carbamates (subject to hydrolysis) is 1. The summed E-state index contributed by atoms with van der Waals surface area (Å²) in [4.78, 5) is 11.7. The summed E-state index contributed by atoms with van der Waals surface area (Å²) in [5.41, 5.74) is 0.728. The van der Waals surface area contributed by atoms with Crippen molar-refractivity contribution < 1.29 is 22.7 Å². The topological polar surface area (TPSA) is 84.9 Å². The minimum absolute atomic E-state index is 0.0674. The van der Waals surface area contributed by atoms with Gasteiger partial charge in [0.2, 0.25) is 10.0 Å². The number of sulfonamides is 1. The highest BCUT2D eigenvalue weighted by Crippen LogP contribution is 2.30. The molecule has 0 saturated carbocycles. The maximum atomic E-state index is 12.1. The summed E-state index contributed by atoms with van der Waals surface area (Å²) in [6.45, 7) is 7.31. The Morgan fingerprint density at radius 3 is 2.42 bits per heavy atom. The second-order valence-corrected chi connectivity index (χ2v) is 8.35. The Bertz CT molecular complexity index is 680. The van der Waals surface area contributed by atoms with Crippen LogP contribution in [0.3, 0.4) is 0 Å². The van der Waals surface area contributed by atoms with Crippen LogP contribution in [-0.4, -0.2) is 46.6 Å². The van der Waals surface area contributed by atoms with Crippen molar-refractivity contribution in [1.29, 1.82) is 0 Å². The SMILES string of the molecule is COc1ccc(C)cc1N(CCNC(=O)OC(C)(C)C)S(C)(=O)=O. The average Bonchev–Trinajstić information content (AvgIpc) is 2.40. The van der Waals surface area contributed by atoms with Crippen LogP contribution >= 0.6 is 0 Å². The average molecular weight is 358 g/mol. The number of hydrogen-bond donors (Lipinski definition) is 1. The van der Waals surface area contributed by atoms with Gasteiger partial charge in [0.05, 0.1) is 25.6 Å². The fraction of sp³-hybridized carbons (Fsp3) is 0.562. The van der Waals surface area contributed by atoms with Crippen molar-refractivity contribution in [3.63, 3.8) is 0 Å². The summed E-state index contributed by atoms with van der Waals surface area (Å²) in [5.74, 6) is 0.447. The Morgan fingerprint density at radius 2 is 1.92 bits per heavy atom. The Kier molecular flexibility index (Phi) is 6.48. The predicted molar refractivity (Wildman–Crippen MR) is 94.2 cm³/mol. The molecule has 8 heteroatoms. The molecule has 0 aliphatic heterocycles. The molecule has 0 bridgehead atoms. The van der Waals surface area contributed by atoms with Crippen molar-refractivity contribution in [2.45, 2.75) is 33.3 Å². The van der Waals surface area contributed by atoms with Crippen LogP contribution in [0.15, 0.2) is 18.2 Å². The number of carbonyl (C=O) groups is 1. The molecule has 0 spiro atoms. The van der Waals surface area contributed by atoms with Gasteiger partial charge >= 0.3 is 6.09 Å². The van der Waals surface area contributed by atoms with Gasteiger partial charge in [-0.3, -0.25) is 4.31 Å². The summed E-state index contributed by atoms with van der Waals surface area (Å²) in [5, 5.41) is 2.56. The van der Waals surface area contributed by atoms with Gasteiger partial charge in [0.15, 0.2) is 0 Å². The summed E-state index contributed by atoms with van der Waals surface area (Å²) in [6.07, 6.45) is 0.523. The zero-order valence-electron chi connectivity index (χ0n) is 15.0. The number of amides is 1. The molecule has 1 aromatic rings. The molecule has 1 amide bonds. The monoisotopic (exact) mass is 358 g/mol. The zero-order valence-corrected chi connectivity index (χ0v) is 15.9. The summed E-state index contributed by atoms with van der Waals surface area (Å²) in [7, 11) is -2.06. The van der Waals surface area contributed by atoms with Crippen LogP contribution < -0.4 is 14.4 Å². The highest BCUT2D eigenvalue weighted by atomic mass is 32.2. The Labute approximate surface area is 144 Å². The fourth-order valence-electron chi connectivity index (χ4n) is 2.03. The molecule has 7 nitrogen and oxygen atoms in total. The molecule has 0 heterocycles. The Morgan fingerprint density at radius 1 is 1.29 bits per heavy atom. The van der Waals surface area contributed by atoms with E-state index in [4.69, 9.17) is 9.47 Å². The summed E-state index contributed by atoms with van der Waals surface area (Å²) >= 11 is 0. The van der Waals surface area contributed by atoms with Crippen molar-refractivity contribution in [2.24, 2.45) is 0 Å². The van der Waals surface area contributed by atoms with Gasteiger partial charge in [0.1, 0.15) is 11.4 Å². The number of methoxy groups -OCH3 is 1. The number of rotatable bonds is 6. The lowest BCUT2D eigenvalue weighted by molar-refractivity contribution is 0.0529. The number of benzene rings is 1. The molecule has 136 valence electrons. The van der Waals surface area contributed by atoms with Gasteiger partial charge in [-0.25, -0.2) is 13.2 Å². The maximum absolute atomic E-state index is 12.1. The molecule has 0 fully saturated rings. The van der Waals surface area contributed by atoms with E-state index in [0.717, 1.165) is 11.8 Å². The minimum Gasteiger partial charge on any atom is -0.495 e. The van der Waals surface area contributed by atoms with Crippen molar-refractivity contribution in [2.75, 3.05) is 30.8 Å². The molecule has 0 unspecified atom stereocenters. The first-order chi connectivity index (χ1) is 10.9. The number of anilines is 1. The molecule has 24 heavy (non-hydrogen) atoms. The molecule has 1 aromatic carbocycles. The predicted octanol–water partition coefficient (Wildman–Crippen LogP) is 2.29. The van der Waals surface area contributed by atoms with E-state index in [-0.39, 0.29) is 13.1 Å². The third kappa shape index (κ3) is 6.27. The number of hydrogen-bond acceptors (Lipinski definition) is 5. The molecule has 0 atom stereocenters. The second-order valence-electron chi connectivity index (χ2n) is 6.44. The van der Waals surface area contributed by atoms with Crippen LogP contribution in [-0.2, 0) is 14.8 Å². The summed E-state index contributed by atoms with van der Waals surface area (Å²) < 4.78 is 35.9. The highest BCUT2D eigenvalue weighted by Gasteiger charge is 2.22. The van der Waals surface area contributed by atoms with E-state index in [9.17, 15) is 13.2 Å². The van der Waals surface area contributed by atoms with Gasteiger partial charge in [0.25, 0.3) is 0 Å². The number of nitrogens with one attached hydrogen (secondary N) is 1. The van der Waals surface area contributed by atoms with E-state index in [1.807, 2.05) is 13.0 Å². The van der Waals surface area contributed by atoms with Gasteiger partial charge in [-0.1, -0.05) is 6.07 Å². The van der Waals surface area contributed by atoms with Gasteiger partial charge in [-0.15, -0.1) is 0 Å². The first kappa shape index (κ1) is 20.1. The number of ether oxygens (including phenoxy) is 2. The molecule has 0 aliphatic rings. The van der Waals surface area contributed by atoms with Crippen LogP contribution in [0.1, 0.15) is 26.3 Å². The van der Waals surface area contributed by atoms with Crippen LogP contribution in [0.4, 0.5) is 10.5 Å². The fourth-order valence-corrected chi connectivity index (χ4v) is 2.96. The number of carbonyl (C=O) groups excluding carboxylic acids is 1. The van der Waals surface area contributed by atoms with Crippen molar-refractivity contribution in [3.05, 3.63) is 23.8 Å². The second kappa shape index (κ2) is 7.74. The number of aryl methyl sites for hydroxylation is 1. The van der Waals surface area contributed by atoms with Crippen LogP contribution in [0.25, 0.3) is 0 Å². The van der Waals surface area contributed by atoms with E-state index in [2.05, 4.69) is 5.32 Å². The molecule has 0 aromatic heterocycles. The zero-order chi connectivity index (χ0) is 18.5. The number of nitrogens with zero attached hydrogens (tertiary/aromatic N) is 1. The highest BCUT2D eigenvalue weighted by molar-refractivity contribution is 7.92. The molecular formula is C16H26N2O5S. The molecule has 0 saturated heterocycles. The Balaban J connectivity index is 2.90. The third-order valence-corrected chi connectivity index (χ3v) is 4.17.